The first kappa shape index (κ1) is 18.4. The summed E-state index contributed by atoms with van der Waals surface area (Å²) in [6.45, 7) is 1.70. The number of aryl methyl sites for hydroxylation is 2. The molecule has 29 heavy (non-hydrogen) atoms. The standard InChI is InChI=1S/C22H18N4O3/c1-14-18(19(25-29-14)15-6-4-3-5-7-15)22(28)24-17-10-8-16(9-11-17)20(27)21-23-12-13-26(21)2/h3-13H,1-2H3,(H,24,28). The van der Waals surface area contributed by atoms with Crippen LogP contribution in [0.1, 0.15) is 32.3 Å². The molecule has 0 aliphatic heterocycles. The Bertz CT molecular complexity index is 1170. The van der Waals surface area contributed by atoms with Crippen molar-refractivity contribution in [3.63, 3.8) is 0 Å². The molecule has 0 saturated heterocycles. The zero-order valence-electron chi connectivity index (χ0n) is 15.9. The molecule has 0 aliphatic rings. The number of carbonyl (C=O) groups is 2. The van der Waals surface area contributed by atoms with E-state index in [4.69, 9.17) is 4.52 Å². The van der Waals surface area contributed by atoms with E-state index in [2.05, 4.69) is 15.5 Å². The summed E-state index contributed by atoms with van der Waals surface area (Å²) in [4.78, 5) is 29.4. The van der Waals surface area contributed by atoms with Gasteiger partial charge in [-0.3, -0.25) is 9.59 Å². The molecule has 4 rings (SSSR count). The van der Waals surface area contributed by atoms with E-state index in [0.29, 0.717) is 34.1 Å². The quantitative estimate of drug-likeness (QED) is 0.526. The molecule has 2 aromatic carbocycles. The highest BCUT2D eigenvalue weighted by molar-refractivity contribution is 6.09. The fourth-order valence-electron chi connectivity index (χ4n) is 3.04. The van der Waals surface area contributed by atoms with Crippen LogP contribution in [0.3, 0.4) is 0 Å². The molecule has 1 amide bonds. The minimum absolute atomic E-state index is 0.184. The molecule has 0 spiro atoms. The number of rotatable bonds is 5. The van der Waals surface area contributed by atoms with E-state index in [1.54, 1.807) is 55.2 Å². The molecule has 7 nitrogen and oxygen atoms in total. The van der Waals surface area contributed by atoms with Crippen molar-refractivity contribution in [3.05, 3.63) is 89.7 Å². The zero-order chi connectivity index (χ0) is 20.4. The minimum atomic E-state index is -0.328. The van der Waals surface area contributed by atoms with Crippen molar-refractivity contribution in [2.24, 2.45) is 7.05 Å². The van der Waals surface area contributed by atoms with Gasteiger partial charge in [-0.25, -0.2) is 4.98 Å². The summed E-state index contributed by atoms with van der Waals surface area (Å²) in [7, 11) is 1.76. The minimum Gasteiger partial charge on any atom is -0.360 e. The van der Waals surface area contributed by atoms with Crippen LogP contribution in [0, 0.1) is 6.92 Å². The Kier molecular flexibility index (Phi) is 4.78. The Balaban J connectivity index is 1.55. The van der Waals surface area contributed by atoms with Gasteiger partial charge in [-0.15, -0.1) is 0 Å². The molecule has 1 N–H and O–H groups in total. The van der Waals surface area contributed by atoms with Crippen molar-refractivity contribution in [3.8, 4) is 11.3 Å². The largest absolute Gasteiger partial charge is 0.360 e. The number of nitrogens with zero attached hydrogens (tertiary/aromatic N) is 3. The molecular weight excluding hydrogens is 368 g/mol. The Morgan fingerprint density at radius 3 is 2.41 bits per heavy atom. The van der Waals surface area contributed by atoms with Crippen LogP contribution in [-0.2, 0) is 7.05 Å². The van der Waals surface area contributed by atoms with Crippen LogP contribution < -0.4 is 5.32 Å². The number of hydrogen-bond donors (Lipinski definition) is 1. The number of carbonyl (C=O) groups excluding carboxylic acids is 2. The summed E-state index contributed by atoms with van der Waals surface area (Å²) in [5.41, 5.74) is 2.71. The Labute approximate surface area is 167 Å². The Hall–Kier alpha value is -4.00. The number of ketones is 1. The number of aromatic nitrogens is 3. The van der Waals surface area contributed by atoms with E-state index in [1.165, 1.54) is 0 Å². The van der Waals surface area contributed by atoms with Crippen molar-refractivity contribution in [1.82, 2.24) is 14.7 Å². The van der Waals surface area contributed by atoms with E-state index in [1.807, 2.05) is 30.3 Å². The molecule has 4 aromatic rings. The summed E-state index contributed by atoms with van der Waals surface area (Å²) in [6.07, 6.45) is 3.29. The molecule has 0 saturated carbocycles. The summed E-state index contributed by atoms with van der Waals surface area (Å²) in [6, 6.07) is 16.0. The van der Waals surface area contributed by atoms with Crippen molar-refractivity contribution < 1.29 is 14.1 Å². The zero-order valence-corrected chi connectivity index (χ0v) is 15.9. The van der Waals surface area contributed by atoms with Crippen LogP contribution >= 0.6 is 0 Å². The predicted molar refractivity (Wildman–Crippen MR) is 108 cm³/mol. The summed E-state index contributed by atoms with van der Waals surface area (Å²) in [5, 5.41) is 6.87. The molecule has 144 valence electrons. The van der Waals surface area contributed by atoms with Crippen LogP contribution in [-0.4, -0.2) is 26.4 Å². The van der Waals surface area contributed by atoms with Crippen molar-refractivity contribution in [2.75, 3.05) is 5.32 Å². The third-order valence-corrected chi connectivity index (χ3v) is 4.57. The molecule has 0 aliphatic carbocycles. The predicted octanol–water partition coefficient (Wildman–Crippen LogP) is 3.87. The maximum Gasteiger partial charge on any atom is 0.261 e. The van der Waals surface area contributed by atoms with Gasteiger partial charge in [0.05, 0.1) is 0 Å². The van der Waals surface area contributed by atoms with Gasteiger partial charge in [-0.2, -0.15) is 0 Å². The van der Waals surface area contributed by atoms with Gasteiger partial charge in [-0.05, 0) is 31.2 Å². The molecule has 0 radical (unpaired) electrons. The lowest BCUT2D eigenvalue weighted by Crippen LogP contribution is -2.14. The topological polar surface area (TPSA) is 90.0 Å². The van der Waals surface area contributed by atoms with Gasteiger partial charge in [0.2, 0.25) is 5.78 Å². The average Bonchev–Trinajstić information content (AvgIpc) is 3.34. The normalized spacial score (nSPS) is 10.7. The Morgan fingerprint density at radius 2 is 1.76 bits per heavy atom. The van der Waals surface area contributed by atoms with Gasteiger partial charge in [0.1, 0.15) is 17.0 Å². The van der Waals surface area contributed by atoms with Crippen LogP contribution in [0.4, 0.5) is 5.69 Å². The maximum absolute atomic E-state index is 12.8. The SMILES string of the molecule is Cc1onc(-c2ccccc2)c1C(=O)Nc1ccc(C(=O)c2nccn2C)cc1. The molecule has 0 bridgehead atoms. The number of hydrogen-bond acceptors (Lipinski definition) is 5. The highest BCUT2D eigenvalue weighted by Gasteiger charge is 2.22. The smallest absolute Gasteiger partial charge is 0.261 e. The number of nitrogens with one attached hydrogen (secondary N) is 1. The summed E-state index contributed by atoms with van der Waals surface area (Å²) < 4.78 is 6.91. The first-order valence-corrected chi connectivity index (χ1v) is 8.99. The van der Waals surface area contributed by atoms with E-state index in [0.717, 1.165) is 5.56 Å². The second-order valence-corrected chi connectivity index (χ2v) is 6.55. The van der Waals surface area contributed by atoms with Gasteiger partial charge < -0.3 is 14.4 Å². The van der Waals surface area contributed by atoms with Gasteiger partial charge in [0, 0.05) is 36.3 Å². The number of amides is 1. The fourth-order valence-corrected chi connectivity index (χ4v) is 3.04. The monoisotopic (exact) mass is 386 g/mol. The number of anilines is 1. The lowest BCUT2D eigenvalue weighted by atomic mass is 10.1. The van der Waals surface area contributed by atoms with E-state index in [-0.39, 0.29) is 11.7 Å². The van der Waals surface area contributed by atoms with Gasteiger partial charge in [0.15, 0.2) is 5.82 Å². The third kappa shape index (κ3) is 3.58. The van der Waals surface area contributed by atoms with Gasteiger partial charge in [-0.1, -0.05) is 35.5 Å². The third-order valence-electron chi connectivity index (χ3n) is 4.57. The van der Waals surface area contributed by atoms with Crippen molar-refractivity contribution in [1.29, 1.82) is 0 Å². The van der Waals surface area contributed by atoms with Crippen molar-refractivity contribution in [2.45, 2.75) is 6.92 Å². The second-order valence-electron chi connectivity index (χ2n) is 6.55. The van der Waals surface area contributed by atoms with Crippen molar-refractivity contribution >= 4 is 17.4 Å². The van der Waals surface area contributed by atoms with Gasteiger partial charge in [0.25, 0.3) is 5.91 Å². The second kappa shape index (κ2) is 7.55. The highest BCUT2D eigenvalue weighted by atomic mass is 16.5. The summed E-state index contributed by atoms with van der Waals surface area (Å²) >= 11 is 0. The molecule has 2 aromatic heterocycles. The maximum atomic E-state index is 12.8. The average molecular weight is 386 g/mol. The first-order chi connectivity index (χ1) is 14.0. The van der Waals surface area contributed by atoms with E-state index < -0.39 is 0 Å². The lowest BCUT2D eigenvalue weighted by Gasteiger charge is -2.07. The van der Waals surface area contributed by atoms with E-state index in [9.17, 15) is 9.59 Å². The first-order valence-electron chi connectivity index (χ1n) is 8.99. The van der Waals surface area contributed by atoms with Crippen LogP contribution in [0.2, 0.25) is 0 Å². The Morgan fingerprint density at radius 1 is 1.03 bits per heavy atom. The molecular formula is C22H18N4O3. The lowest BCUT2D eigenvalue weighted by molar-refractivity contribution is 0.101. The summed E-state index contributed by atoms with van der Waals surface area (Å²) in [5.74, 6) is 0.278. The number of imidazole rings is 1. The number of benzene rings is 2. The fraction of sp³-hybridized carbons (Fsp3) is 0.0909. The highest BCUT2D eigenvalue weighted by Crippen LogP contribution is 2.26. The van der Waals surface area contributed by atoms with E-state index >= 15 is 0 Å². The van der Waals surface area contributed by atoms with Gasteiger partial charge >= 0.3 is 0 Å². The molecule has 7 heteroatoms. The molecule has 0 unspecified atom stereocenters. The van der Waals surface area contributed by atoms with Crippen LogP contribution in [0.5, 0.6) is 0 Å². The molecule has 2 heterocycles. The molecule has 0 atom stereocenters. The van der Waals surface area contributed by atoms with Crippen LogP contribution in [0.15, 0.2) is 71.5 Å². The van der Waals surface area contributed by atoms with Crippen LogP contribution in [0.25, 0.3) is 11.3 Å². The molecule has 0 fully saturated rings.